The maximum absolute atomic E-state index is 6.08. The van der Waals surface area contributed by atoms with Gasteiger partial charge in [0.05, 0.1) is 19.0 Å². The molecule has 3 nitrogen and oxygen atoms in total. The van der Waals surface area contributed by atoms with Crippen molar-refractivity contribution < 1.29 is 9.47 Å². The molecule has 0 bridgehead atoms. The topological polar surface area (TPSA) is 30.5 Å². The van der Waals surface area contributed by atoms with Gasteiger partial charge in [0, 0.05) is 30.1 Å². The molecule has 0 spiro atoms. The summed E-state index contributed by atoms with van der Waals surface area (Å²) < 4.78 is 11.1. The van der Waals surface area contributed by atoms with Gasteiger partial charge in [0.2, 0.25) is 0 Å². The summed E-state index contributed by atoms with van der Waals surface area (Å²) in [5.74, 6) is 1.72. The SMILES string of the molecule is C=C(CC(C)(C)CNCc1cc(Cl)ccc1OCC)OCC. The fourth-order valence-corrected chi connectivity index (χ4v) is 2.56. The van der Waals surface area contributed by atoms with Crippen LogP contribution in [0, 0.1) is 5.41 Å². The van der Waals surface area contributed by atoms with Crippen molar-refractivity contribution in [2.75, 3.05) is 19.8 Å². The Kier molecular flexibility index (Phi) is 7.77. The largest absolute Gasteiger partial charge is 0.499 e. The van der Waals surface area contributed by atoms with E-state index in [0.717, 1.165) is 41.6 Å². The normalized spacial score (nSPS) is 11.3. The van der Waals surface area contributed by atoms with Gasteiger partial charge in [0.15, 0.2) is 0 Å². The lowest BCUT2D eigenvalue weighted by Gasteiger charge is -2.26. The molecule has 0 aromatic heterocycles. The van der Waals surface area contributed by atoms with Gasteiger partial charge in [-0.2, -0.15) is 0 Å². The van der Waals surface area contributed by atoms with Gasteiger partial charge in [-0.3, -0.25) is 0 Å². The summed E-state index contributed by atoms with van der Waals surface area (Å²) in [6.45, 7) is 15.2. The molecule has 1 aromatic carbocycles. The van der Waals surface area contributed by atoms with E-state index >= 15 is 0 Å². The van der Waals surface area contributed by atoms with Gasteiger partial charge >= 0.3 is 0 Å². The van der Waals surface area contributed by atoms with Crippen molar-refractivity contribution in [2.45, 2.75) is 40.7 Å². The molecule has 0 amide bonds. The third kappa shape index (κ3) is 6.71. The number of allylic oxidation sites excluding steroid dienone is 1. The smallest absolute Gasteiger partial charge is 0.123 e. The quantitative estimate of drug-likeness (QED) is 0.627. The Hall–Kier alpha value is -1.19. The van der Waals surface area contributed by atoms with Crippen molar-refractivity contribution in [1.82, 2.24) is 5.32 Å². The van der Waals surface area contributed by atoms with Crippen LogP contribution >= 0.6 is 11.6 Å². The minimum Gasteiger partial charge on any atom is -0.499 e. The minimum absolute atomic E-state index is 0.0800. The molecule has 0 atom stereocenters. The second kappa shape index (κ2) is 9.06. The Morgan fingerprint density at radius 2 is 2.00 bits per heavy atom. The van der Waals surface area contributed by atoms with Crippen LogP contribution in [0.3, 0.4) is 0 Å². The average Bonchev–Trinajstić information content (AvgIpc) is 2.41. The molecule has 1 N–H and O–H groups in total. The lowest BCUT2D eigenvalue weighted by atomic mass is 9.88. The zero-order valence-electron chi connectivity index (χ0n) is 14.2. The molecule has 0 saturated heterocycles. The van der Waals surface area contributed by atoms with Crippen LogP contribution in [-0.4, -0.2) is 19.8 Å². The van der Waals surface area contributed by atoms with E-state index in [1.165, 1.54) is 0 Å². The summed E-state index contributed by atoms with van der Waals surface area (Å²) in [5.41, 5.74) is 1.16. The number of ether oxygens (including phenoxy) is 2. The van der Waals surface area contributed by atoms with E-state index in [2.05, 4.69) is 25.7 Å². The third-order valence-corrected chi connectivity index (χ3v) is 3.50. The molecular weight excluding hydrogens is 298 g/mol. The van der Waals surface area contributed by atoms with Gasteiger partial charge in [-0.15, -0.1) is 0 Å². The van der Waals surface area contributed by atoms with E-state index in [1.807, 2.05) is 32.0 Å². The average molecular weight is 326 g/mol. The molecule has 124 valence electrons. The van der Waals surface area contributed by atoms with E-state index in [9.17, 15) is 0 Å². The Labute approximate surface area is 139 Å². The predicted octanol–water partition coefficient (Wildman–Crippen LogP) is 4.79. The molecule has 1 aromatic rings. The first kappa shape index (κ1) is 18.9. The summed E-state index contributed by atoms with van der Waals surface area (Å²) >= 11 is 6.08. The van der Waals surface area contributed by atoms with Crippen LogP contribution in [0.4, 0.5) is 0 Å². The Morgan fingerprint density at radius 1 is 1.27 bits per heavy atom. The first-order valence-corrected chi connectivity index (χ1v) is 8.18. The molecule has 0 aliphatic heterocycles. The first-order chi connectivity index (χ1) is 10.4. The highest BCUT2D eigenvalue weighted by Crippen LogP contribution is 2.26. The van der Waals surface area contributed by atoms with Gasteiger partial charge in [-0.1, -0.05) is 32.0 Å². The van der Waals surface area contributed by atoms with Crippen molar-refractivity contribution in [3.8, 4) is 5.75 Å². The van der Waals surface area contributed by atoms with Gasteiger partial charge in [0.25, 0.3) is 0 Å². The van der Waals surface area contributed by atoms with Crippen LogP contribution in [0.15, 0.2) is 30.5 Å². The maximum Gasteiger partial charge on any atom is 0.123 e. The standard InChI is InChI=1S/C18H28ClNO2/c1-6-21-14(3)11-18(4,5)13-20-12-15-10-16(19)8-9-17(15)22-7-2/h8-10,20H,3,6-7,11-13H2,1-2,4-5H3. The predicted molar refractivity (Wildman–Crippen MR) is 93.5 cm³/mol. The fraction of sp³-hybridized carbons (Fsp3) is 0.556. The third-order valence-electron chi connectivity index (χ3n) is 3.27. The zero-order chi connectivity index (χ0) is 16.6. The highest BCUT2D eigenvalue weighted by atomic mass is 35.5. The van der Waals surface area contributed by atoms with E-state index in [-0.39, 0.29) is 5.41 Å². The van der Waals surface area contributed by atoms with Crippen LogP contribution in [0.25, 0.3) is 0 Å². The molecule has 0 fully saturated rings. The molecule has 0 radical (unpaired) electrons. The second-order valence-corrected chi connectivity index (χ2v) is 6.54. The number of benzene rings is 1. The summed E-state index contributed by atoms with van der Waals surface area (Å²) in [4.78, 5) is 0. The van der Waals surface area contributed by atoms with Crippen LogP contribution < -0.4 is 10.1 Å². The van der Waals surface area contributed by atoms with Crippen molar-refractivity contribution in [1.29, 1.82) is 0 Å². The molecule has 0 aliphatic carbocycles. The van der Waals surface area contributed by atoms with Crippen LogP contribution in [-0.2, 0) is 11.3 Å². The van der Waals surface area contributed by atoms with Gasteiger partial charge in [0.1, 0.15) is 5.75 Å². The maximum atomic E-state index is 6.08. The van der Waals surface area contributed by atoms with E-state index in [1.54, 1.807) is 0 Å². The summed E-state index contributed by atoms with van der Waals surface area (Å²) in [5, 5.41) is 4.21. The highest BCUT2D eigenvalue weighted by molar-refractivity contribution is 6.30. The Balaban J connectivity index is 2.55. The van der Waals surface area contributed by atoms with Crippen molar-refractivity contribution in [3.05, 3.63) is 41.1 Å². The molecule has 1 rings (SSSR count). The first-order valence-electron chi connectivity index (χ1n) is 7.80. The van der Waals surface area contributed by atoms with Crippen molar-refractivity contribution in [2.24, 2.45) is 5.41 Å². The van der Waals surface area contributed by atoms with E-state index in [0.29, 0.717) is 13.2 Å². The lowest BCUT2D eigenvalue weighted by Crippen LogP contribution is -2.29. The van der Waals surface area contributed by atoms with Gasteiger partial charge in [-0.05, 0) is 37.5 Å². The number of rotatable bonds is 10. The number of hydrogen-bond donors (Lipinski definition) is 1. The van der Waals surface area contributed by atoms with Crippen LogP contribution in [0.2, 0.25) is 5.02 Å². The molecule has 4 heteroatoms. The van der Waals surface area contributed by atoms with Gasteiger partial charge < -0.3 is 14.8 Å². The highest BCUT2D eigenvalue weighted by Gasteiger charge is 2.19. The zero-order valence-corrected chi connectivity index (χ0v) is 14.9. The van der Waals surface area contributed by atoms with Gasteiger partial charge in [-0.25, -0.2) is 0 Å². The van der Waals surface area contributed by atoms with Crippen LogP contribution in [0.5, 0.6) is 5.75 Å². The number of hydrogen-bond acceptors (Lipinski definition) is 3. The van der Waals surface area contributed by atoms with Crippen LogP contribution in [0.1, 0.15) is 39.7 Å². The molecule has 0 saturated carbocycles. The molecule has 22 heavy (non-hydrogen) atoms. The second-order valence-electron chi connectivity index (χ2n) is 6.10. The van der Waals surface area contributed by atoms with E-state index in [4.69, 9.17) is 21.1 Å². The lowest BCUT2D eigenvalue weighted by molar-refractivity contribution is 0.185. The summed E-state index contributed by atoms with van der Waals surface area (Å²) in [6.07, 6.45) is 0.835. The Morgan fingerprint density at radius 3 is 2.64 bits per heavy atom. The molecule has 0 aliphatic rings. The monoisotopic (exact) mass is 325 g/mol. The fourth-order valence-electron chi connectivity index (χ4n) is 2.37. The van der Waals surface area contributed by atoms with Crippen molar-refractivity contribution >= 4 is 11.6 Å². The van der Waals surface area contributed by atoms with Crippen molar-refractivity contribution in [3.63, 3.8) is 0 Å². The summed E-state index contributed by atoms with van der Waals surface area (Å²) in [6, 6.07) is 5.72. The molecular formula is C18H28ClNO2. The molecule has 0 heterocycles. The van der Waals surface area contributed by atoms with E-state index < -0.39 is 0 Å². The summed E-state index contributed by atoms with van der Waals surface area (Å²) in [7, 11) is 0. The minimum atomic E-state index is 0.0800. The number of halogens is 1. The number of nitrogens with one attached hydrogen (secondary N) is 1. The Bertz CT molecular complexity index is 486. The molecule has 0 unspecified atom stereocenters.